The fourth-order valence-electron chi connectivity index (χ4n) is 3.55. The Morgan fingerprint density at radius 2 is 1.29 bits per heavy atom. The average molecular weight is 438 g/mol. The van der Waals surface area contributed by atoms with Gasteiger partial charge >= 0.3 is 0 Å². The fourth-order valence-corrected chi connectivity index (χ4v) is 4.76. The first-order valence-corrected chi connectivity index (χ1v) is 11.2. The fraction of sp³-hybridized carbons (Fsp3) is 0.0385. The molecule has 0 N–H and O–H groups in total. The molecule has 4 aromatic rings. The van der Waals surface area contributed by atoms with Crippen LogP contribution in [-0.2, 0) is 6.54 Å². The van der Waals surface area contributed by atoms with Crippen LogP contribution >= 0.6 is 24.0 Å². The Labute approximate surface area is 191 Å². The van der Waals surface area contributed by atoms with E-state index in [0.717, 1.165) is 26.6 Å². The number of hydrogen-bond acceptors (Lipinski definition) is 4. The van der Waals surface area contributed by atoms with E-state index in [2.05, 4.69) is 47.4 Å². The molecule has 31 heavy (non-hydrogen) atoms. The minimum absolute atomic E-state index is 0.645. The Kier molecular flexibility index (Phi) is 5.61. The van der Waals surface area contributed by atoms with Crippen LogP contribution in [0.2, 0.25) is 0 Å². The highest BCUT2D eigenvalue weighted by molar-refractivity contribution is 8.35. The standard InChI is InChI=1S/C26H19N3S2/c30-26-29(18-20-12-9-11-19-10-7-8-17-23(19)20)24(27-21-13-3-1-4-14-21)25(31-26)28-22-15-5-2-6-16-22/h1-17H,18H2. The van der Waals surface area contributed by atoms with Crippen LogP contribution in [0.25, 0.3) is 10.8 Å². The summed E-state index contributed by atoms with van der Waals surface area (Å²) in [7, 11) is 0. The summed E-state index contributed by atoms with van der Waals surface area (Å²) in [5.74, 6) is 0.790. The molecule has 0 aromatic heterocycles. The first-order valence-electron chi connectivity index (χ1n) is 10.0. The predicted molar refractivity (Wildman–Crippen MR) is 137 cm³/mol. The molecule has 1 saturated heterocycles. The van der Waals surface area contributed by atoms with Crippen LogP contribution < -0.4 is 0 Å². The summed E-state index contributed by atoms with van der Waals surface area (Å²) in [5.41, 5.74) is 2.98. The molecule has 0 bridgehead atoms. The Balaban J connectivity index is 1.58. The lowest BCUT2D eigenvalue weighted by Gasteiger charge is -2.19. The molecule has 5 heteroatoms. The molecule has 0 spiro atoms. The minimum atomic E-state index is 0.645. The van der Waals surface area contributed by atoms with E-state index in [4.69, 9.17) is 22.2 Å². The molecule has 5 rings (SSSR count). The van der Waals surface area contributed by atoms with E-state index in [1.807, 2.05) is 60.7 Å². The summed E-state index contributed by atoms with van der Waals surface area (Å²) in [6.45, 7) is 0.645. The minimum Gasteiger partial charge on any atom is -0.305 e. The van der Waals surface area contributed by atoms with Crippen molar-refractivity contribution in [2.24, 2.45) is 9.98 Å². The molecule has 150 valence electrons. The molecule has 0 unspecified atom stereocenters. The summed E-state index contributed by atoms with van der Waals surface area (Å²) in [6.07, 6.45) is 0. The van der Waals surface area contributed by atoms with Crippen molar-refractivity contribution in [3.63, 3.8) is 0 Å². The lowest BCUT2D eigenvalue weighted by molar-refractivity contribution is 0.639. The Morgan fingerprint density at radius 3 is 2.03 bits per heavy atom. The monoisotopic (exact) mass is 437 g/mol. The lowest BCUT2D eigenvalue weighted by Crippen LogP contribution is -2.29. The van der Waals surface area contributed by atoms with Crippen LogP contribution in [0.4, 0.5) is 11.4 Å². The molecule has 0 saturated carbocycles. The maximum atomic E-state index is 5.78. The highest BCUT2D eigenvalue weighted by Gasteiger charge is 2.32. The van der Waals surface area contributed by atoms with Gasteiger partial charge < -0.3 is 4.90 Å². The first-order chi connectivity index (χ1) is 15.3. The van der Waals surface area contributed by atoms with Gasteiger partial charge in [0, 0.05) is 0 Å². The van der Waals surface area contributed by atoms with Crippen molar-refractivity contribution in [3.05, 3.63) is 109 Å². The molecule has 1 fully saturated rings. The van der Waals surface area contributed by atoms with E-state index in [-0.39, 0.29) is 0 Å². The van der Waals surface area contributed by atoms with E-state index in [1.54, 1.807) is 0 Å². The highest BCUT2D eigenvalue weighted by atomic mass is 32.2. The number of nitrogens with zero attached hydrogens (tertiary/aromatic N) is 3. The Hall–Kier alpha value is -3.28. The molecule has 1 aliphatic rings. The molecule has 4 aromatic carbocycles. The Bertz CT molecular complexity index is 1290. The zero-order chi connectivity index (χ0) is 21.0. The average Bonchev–Trinajstić information content (AvgIpc) is 3.09. The van der Waals surface area contributed by atoms with Crippen LogP contribution in [-0.4, -0.2) is 20.1 Å². The van der Waals surface area contributed by atoms with Crippen molar-refractivity contribution < 1.29 is 0 Å². The van der Waals surface area contributed by atoms with Gasteiger partial charge in [-0.25, -0.2) is 9.98 Å². The second-order valence-corrected chi connectivity index (χ2v) is 8.74. The highest BCUT2D eigenvalue weighted by Crippen LogP contribution is 2.31. The van der Waals surface area contributed by atoms with Crippen molar-refractivity contribution >= 4 is 61.3 Å². The summed E-state index contributed by atoms with van der Waals surface area (Å²) >= 11 is 7.27. The predicted octanol–water partition coefficient (Wildman–Crippen LogP) is 7.13. The van der Waals surface area contributed by atoms with Crippen molar-refractivity contribution in [1.29, 1.82) is 0 Å². The molecule has 1 heterocycles. The van der Waals surface area contributed by atoms with Crippen molar-refractivity contribution in [3.8, 4) is 0 Å². The van der Waals surface area contributed by atoms with Gasteiger partial charge in [0.05, 0.1) is 17.9 Å². The first kappa shape index (κ1) is 19.7. The molecule has 3 nitrogen and oxygen atoms in total. The van der Waals surface area contributed by atoms with Gasteiger partial charge in [-0.1, -0.05) is 91.1 Å². The quantitative estimate of drug-likeness (QED) is 0.318. The van der Waals surface area contributed by atoms with Crippen molar-refractivity contribution in [2.75, 3.05) is 0 Å². The lowest BCUT2D eigenvalue weighted by atomic mass is 10.0. The van der Waals surface area contributed by atoms with Crippen LogP contribution in [0.5, 0.6) is 0 Å². The van der Waals surface area contributed by atoms with Crippen molar-refractivity contribution in [2.45, 2.75) is 6.54 Å². The normalized spacial score (nSPS) is 16.5. The molecule has 0 radical (unpaired) electrons. The number of thiocarbonyl (C=S) groups is 1. The van der Waals surface area contributed by atoms with Crippen molar-refractivity contribution in [1.82, 2.24) is 4.90 Å². The third-order valence-corrected chi connectivity index (χ3v) is 6.37. The summed E-state index contributed by atoms with van der Waals surface area (Å²) in [5, 5.41) is 3.27. The number of thioether (sulfide) groups is 1. The van der Waals surface area contributed by atoms with Gasteiger partial charge in [-0.15, -0.1) is 0 Å². The van der Waals surface area contributed by atoms with Gasteiger partial charge in [0.15, 0.2) is 5.84 Å². The maximum Gasteiger partial charge on any atom is 0.168 e. The second kappa shape index (κ2) is 8.84. The largest absolute Gasteiger partial charge is 0.305 e. The number of aliphatic imine (C=N–C) groups is 2. The van der Waals surface area contributed by atoms with Gasteiger partial charge in [-0.2, -0.15) is 0 Å². The third-order valence-electron chi connectivity index (χ3n) is 5.04. The molecule has 0 amide bonds. The number of para-hydroxylation sites is 2. The molecule has 0 atom stereocenters. The van der Waals surface area contributed by atoms with E-state index in [9.17, 15) is 0 Å². The molecule has 1 aliphatic heterocycles. The zero-order valence-corrected chi connectivity index (χ0v) is 18.3. The van der Waals surface area contributed by atoms with Crippen LogP contribution in [0.3, 0.4) is 0 Å². The van der Waals surface area contributed by atoms with Crippen LogP contribution in [0, 0.1) is 0 Å². The zero-order valence-electron chi connectivity index (χ0n) is 16.7. The number of fused-ring (bicyclic) bond motifs is 1. The van der Waals surface area contributed by atoms with Gasteiger partial charge in [0.2, 0.25) is 0 Å². The van der Waals surface area contributed by atoms with E-state index >= 15 is 0 Å². The van der Waals surface area contributed by atoms with Gasteiger partial charge in [0.25, 0.3) is 0 Å². The summed E-state index contributed by atoms with van der Waals surface area (Å²) in [6, 6.07) is 34.7. The number of benzene rings is 4. The topological polar surface area (TPSA) is 28.0 Å². The van der Waals surface area contributed by atoms with E-state index < -0.39 is 0 Å². The van der Waals surface area contributed by atoms with Crippen LogP contribution in [0.15, 0.2) is 113 Å². The molecular weight excluding hydrogens is 418 g/mol. The SMILES string of the molecule is S=C1SC(=Nc2ccccc2)C(=Nc2ccccc2)N1Cc1cccc2ccccc12. The Morgan fingerprint density at radius 1 is 0.677 bits per heavy atom. The molecular formula is C26H19N3S2. The summed E-state index contributed by atoms with van der Waals surface area (Å²) in [4.78, 5) is 11.9. The van der Waals surface area contributed by atoms with Crippen LogP contribution in [0.1, 0.15) is 5.56 Å². The van der Waals surface area contributed by atoms with Gasteiger partial charge in [-0.05, 0) is 52.4 Å². The van der Waals surface area contributed by atoms with Gasteiger partial charge in [-0.3, -0.25) is 0 Å². The third kappa shape index (κ3) is 4.29. The van der Waals surface area contributed by atoms with E-state index in [0.29, 0.717) is 6.54 Å². The number of rotatable bonds is 4. The van der Waals surface area contributed by atoms with Gasteiger partial charge in [0.1, 0.15) is 9.36 Å². The maximum absolute atomic E-state index is 5.78. The number of hydrogen-bond donors (Lipinski definition) is 0. The smallest absolute Gasteiger partial charge is 0.168 e. The van der Waals surface area contributed by atoms with E-state index in [1.165, 1.54) is 28.1 Å². The second-order valence-electron chi connectivity index (χ2n) is 7.12. The molecule has 0 aliphatic carbocycles. The summed E-state index contributed by atoms with van der Waals surface area (Å²) < 4.78 is 0.761. The number of amidine groups is 1.